The van der Waals surface area contributed by atoms with Gasteiger partial charge < -0.3 is 24.4 Å². The van der Waals surface area contributed by atoms with Gasteiger partial charge in [0.1, 0.15) is 12.2 Å². The molecule has 1 N–H and O–H groups in total. The molecule has 170 valence electrons. The molecule has 1 aliphatic rings. The van der Waals surface area contributed by atoms with Gasteiger partial charge >= 0.3 is 18.2 Å². The highest BCUT2D eigenvalue weighted by Gasteiger charge is 2.38. The van der Waals surface area contributed by atoms with Gasteiger partial charge in [-0.25, -0.2) is 14.4 Å². The van der Waals surface area contributed by atoms with E-state index in [2.05, 4.69) is 10.1 Å². The number of amides is 2. The van der Waals surface area contributed by atoms with Gasteiger partial charge in [-0.1, -0.05) is 36.4 Å². The second-order valence-electron chi connectivity index (χ2n) is 8.56. The molecule has 1 fully saturated rings. The molecule has 0 unspecified atom stereocenters. The van der Waals surface area contributed by atoms with Crippen LogP contribution < -0.4 is 5.32 Å². The van der Waals surface area contributed by atoms with E-state index >= 15 is 0 Å². The van der Waals surface area contributed by atoms with Crippen molar-refractivity contribution < 1.29 is 28.6 Å². The van der Waals surface area contributed by atoms with Crippen LogP contribution in [0.15, 0.2) is 42.5 Å². The Hall–Kier alpha value is -3.03. The number of nitrogens with zero attached hydrogens (tertiary/aromatic N) is 1. The molecule has 1 heterocycles. The van der Waals surface area contributed by atoms with Gasteiger partial charge in [0, 0.05) is 19.2 Å². The lowest BCUT2D eigenvalue weighted by Crippen LogP contribution is -2.56. The summed E-state index contributed by atoms with van der Waals surface area (Å²) in [5.74, 6) is -0.465. The second-order valence-corrected chi connectivity index (χ2v) is 8.56. The van der Waals surface area contributed by atoms with E-state index < -0.39 is 23.2 Å². The summed E-state index contributed by atoms with van der Waals surface area (Å²) in [5.41, 5.74) is -0.331. The van der Waals surface area contributed by atoms with E-state index in [-0.39, 0.29) is 12.7 Å². The van der Waals surface area contributed by atoms with Crippen molar-refractivity contribution in [1.29, 1.82) is 0 Å². The van der Waals surface area contributed by atoms with Crippen molar-refractivity contribution >= 4 is 18.2 Å². The molecular weight excluding hydrogens is 400 g/mol. The molecule has 0 radical (unpaired) electrons. The van der Waals surface area contributed by atoms with Crippen molar-refractivity contribution in [1.82, 2.24) is 10.2 Å². The zero-order valence-electron chi connectivity index (χ0n) is 18.7. The SMILES string of the molecule is COC(=O)/C=C/CC1(NC(=O)OCc2ccccc2)CCN(C(=O)OC(C)(C)C)CC1. The number of rotatable bonds is 6. The van der Waals surface area contributed by atoms with Crippen molar-refractivity contribution in [2.75, 3.05) is 20.2 Å². The van der Waals surface area contributed by atoms with Crippen molar-refractivity contribution in [3.05, 3.63) is 48.0 Å². The molecule has 0 bridgehead atoms. The first-order valence-corrected chi connectivity index (χ1v) is 10.3. The number of benzene rings is 1. The molecule has 1 aromatic rings. The zero-order chi connectivity index (χ0) is 22.9. The Morgan fingerprint density at radius 3 is 2.35 bits per heavy atom. The number of carbonyl (C=O) groups is 3. The van der Waals surface area contributed by atoms with Gasteiger partial charge in [0.25, 0.3) is 0 Å². The molecule has 2 amide bonds. The van der Waals surface area contributed by atoms with Crippen LogP contribution >= 0.6 is 0 Å². The Morgan fingerprint density at radius 2 is 1.77 bits per heavy atom. The third-order valence-corrected chi connectivity index (χ3v) is 4.92. The average molecular weight is 433 g/mol. The van der Waals surface area contributed by atoms with Crippen molar-refractivity contribution in [2.24, 2.45) is 0 Å². The van der Waals surface area contributed by atoms with Crippen molar-refractivity contribution in [2.45, 2.75) is 57.8 Å². The maximum Gasteiger partial charge on any atom is 0.410 e. The van der Waals surface area contributed by atoms with Crippen LogP contribution in [0.3, 0.4) is 0 Å². The minimum Gasteiger partial charge on any atom is -0.466 e. The smallest absolute Gasteiger partial charge is 0.410 e. The molecule has 8 heteroatoms. The van der Waals surface area contributed by atoms with E-state index in [0.717, 1.165) is 5.56 Å². The Kier molecular flexibility index (Phi) is 8.47. The number of methoxy groups -OCH3 is 1. The summed E-state index contributed by atoms with van der Waals surface area (Å²) in [6.07, 6.45) is 3.49. The maximum absolute atomic E-state index is 12.5. The number of hydrogen-bond acceptors (Lipinski definition) is 6. The molecule has 0 aromatic heterocycles. The van der Waals surface area contributed by atoms with Crippen molar-refractivity contribution in [3.63, 3.8) is 0 Å². The van der Waals surface area contributed by atoms with Crippen LogP contribution in [0.25, 0.3) is 0 Å². The fourth-order valence-electron chi connectivity index (χ4n) is 3.25. The summed E-state index contributed by atoms with van der Waals surface area (Å²) in [5, 5.41) is 2.96. The van der Waals surface area contributed by atoms with E-state index in [4.69, 9.17) is 9.47 Å². The van der Waals surface area contributed by atoms with Gasteiger partial charge in [-0.3, -0.25) is 0 Å². The predicted molar refractivity (Wildman–Crippen MR) is 115 cm³/mol. The van der Waals surface area contributed by atoms with Gasteiger partial charge in [-0.05, 0) is 45.6 Å². The standard InChI is InChI=1S/C23H32N2O6/c1-22(2,3)31-21(28)25-15-13-23(14-16-25,12-8-11-19(26)29-4)24-20(27)30-17-18-9-6-5-7-10-18/h5-11H,12-17H2,1-4H3,(H,24,27)/b11-8+. The summed E-state index contributed by atoms with van der Waals surface area (Å²) in [6, 6.07) is 9.40. The van der Waals surface area contributed by atoms with Gasteiger partial charge in [-0.15, -0.1) is 0 Å². The molecule has 1 aromatic carbocycles. The predicted octanol–water partition coefficient (Wildman–Crippen LogP) is 3.80. The molecule has 31 heavy (non-hydrogen) atoms. The number of alkyl carbamates (subject to hydrolysis) is 1. The molecule has 0 atom stereocenters. The Bertz CT molecular complexity index is 777. The van der Waals surface area contributed by atoms with Crippen LogP contribution in [0.4, 0.5) is 9.59 Å². The molecule has 2 rings (SSSR count). The minimum atomic E-state index is -0.642. The molecule has 1 saturated heterocycles. The van der Waals surface area contributed by atoms with Crippen LogP contribution in [0.1, 0.15) is 45.6 Å². The second kappa shape index (κ2) is 10.8. The van der Waals surface area contributed by atoms with Crippen LogP contribution in [-0.2, 0) is 25.6 Å². The van der Waals surface area contributed by atoms with E-state index in [9.17, 15) is 14.4 Å². The van der Waals surface area contributed by atoms with Crippen LogP contribution in [0.2, 0.25) is 0 Å². The van der Waals surface area contributed by atoms with E-state index in [1.165, 1.54) is 13.2 Å². The highest BCUT2D eigenvalue weighted by Crippen LogP contribution is 2.28. The maximum atomic E-state index is 12.5. The van der Waals surface area contributed by atoms with E-state index in [1.807, 2.05) is 51.1 Å². The summed E-state index contributed by atoms with van der Waals surface area (Å²) >= 11 is 0. The lowest BCUT2D eigenvalue weighted by Gasteiger charge is -2.41. The molecular formula is C23H32N2O6. The number of likely N-dealkylation sites (tertiary alicyclic amines) is 1. The molecule has 0 spiro atoms. The number of esters is 1. The first-order valence-electron chi connectivity index (χ1n) is 10.3. The highest BCUT2D eigenvalue weighted by atomic mass is 16.6. The molecule has 8 nitrogen and oxygen atoms in total. The molecule has 1 aliphatic heterocycles. The number of ether oxygens (including phenoxy) is 3. The monoisotopic (exact) mass is 432 g/mol. The number of carbonyl (C=O) groups excluding carboxylic acids is 3. The lowest BCUT2D eigenvalue weighted by molar-refractivity contribution is -0.134. The van der Waals surface area contributed by atoms with Crippen LogP contribution in [0, 0.1) is 0 Å². The van der Waals surface area contributed by atoms with E-state index in [1.54, 1.807) is 11.0 Å². The fourth-order valence-corrected chi connectivity index (χ4v) is 3.25. The summed E-state index contributed by atoms with van der Waals surface area (Å²) in [6.45, 7) is 6.45. The average Bonchev–Trinajstić information content (AvgIpc) is 2.72. The summed E-state index contributed by atoms with van der Waals surface area (Å²) < 4.78 is 15.4. The molecule has 0 saturated carbocycles. The van der Waals surface area contributed by atoms with Gasteiger partial charge in [0.05, 0.1) is 12.6 Å². The van der Waals surface area contributed by atoms with Crippen LogP contribution in [0.5, 0.6) is 0 Å². The van der Waals surface area contributed by atoms with E-state index in [0.29, 0.717) is 32.4 Å². The zero-order valence-corrected chi connectivity index (χ0v) is 18.7. The molecule has 0 aliphatic carbocycles. The van der Waals surface area contributed by atoms with Gasteiger partial charge in [0.15, 0.2) is 0 Å². The Labute approximate surface area is 183 Å². The number of hydrogen-bond donors (Lipinski definition) is 1. The largest absolute Gasteiger partial charge is 0.466 e. The Balaban J connectivity index is 2.01. The third kappa shape index (κ3) is 8.32. The first kappa shape index (κ1) is 24.2. The third-order valence-electron chi connectivity index (χ3n) is 4.92. The quantitative estimate of drug-likeness (QED) is 0.417. The summed E-state index contributed by atoms with van der Waals surface area (Å²) in [7, 11) is 1.31. The fraction of sp³-hybridized carbons (Fsp3) is 0.522. The number of nitrogens with one attached hydrogen (secondary N) is 1. The minimum absolute atomic E-state index is 0.158. The highest BCUT2D eigenvalue weighted by molar-refractivity contribution is 5.81. The summed E-state index contributed by atoms with van der Waals surface area (Å²) in [4.78, 5) is 37.9. The lowest BCUT2D eigenvalue weighted by atomic mass is 9.84. The Morgan fingerprint density at radius 1 is 1.13 bits per heavy atom. The van der Waals surface area contributed by atoms with Crippen molar-refractivity contribution in [3.8, 4) is 0 Å². The first-order chi connectivity index (χ1) is 14.6. The van der Waals surface area contributed by atoms with Gasteiger partial charge in [0.2, 0.25) is 0 Å². The normalized spacial score (nSPS) is 15.9. The topological polar surface area (TPSA) is 94.2 Å². The number of piperidine rings is 1. The van der Waals surface area contributed by atoms with Gasteiger partial charge in [-0.2, -0.15) is 0 Å². The van der Waals surface area contributed by atoms with Crippen LogP contribution in [-0.4, -0.2) is 54.4 Å².